The van der Waals surface area contributed by atoms with Gasteiger partial charge >= 0.3 is 0 Å². The average molecular weight is 179 g/mol. The van der Waals surface area contributed by atoms with Gasteiger partial charge in [-0.25, -0.2) is 8.42 Å². The third-order valence-electron chi connectivity index (χ3n) is 1.66. The van der Waals surface area contributed by atoms with Crippen LogP contribution in [0.4, 0.5) is 0 Å². The highest BCUT2D eigenvalue weighted by Gasteiger charge is 2.16. The van der Waals surface area contributed by atoms with Gasteiger partial charge in [-0.05, 0) is 13.0 Å². The van der Waals surface area contributed by atoms with E-state index in [1.54, 1.807) is 7.05 Å². The van der Waals surface area contributed by atoms with Crippen LogP contribution in [0.2, 0.25) is 0 Å². The van der Waals surface area contributed by atoms with E-state index >= 15 is 0 Å². The van der Waals surface area contributed by atoms with Crippen LogP contribution < -0.4 is 5.32 Å². The van der Waals surface area contributed by atoms with Crippen LogP contribution in [-0.2, 0) is 9.84 Å². The highest BCUT2D eigenvalue weighted by atomic mass is 32.2. The second-order valence-corrected chi connectivity index (χ2v) is 5.42. The van der Waals surface area contributed by atoms with Gasteiger partial charge in [-0.15, -0.1) is 0 Å². The van der Waals surface area contributed by atoms with Gasteiger partial charge in [0, 0.05) is 12.3 Å². The highest BCUT2D eigenvalue weighted by molar-refractivity contribution is 7.90. The minimum atomic E-state index is -2.84. The van der Waals surface area contributed by atoms with Gasteiger partial charge in [0.15, 0.2) is 0 Å². The van der Waals surface area contributed by atoms with E-state index in [2.05, 4.69) is 5.32 Å². The lowest BCUT2D eigenvalue weighted by molar-refractivity contribution is 0.456. The number of rotatable bonds is 4. The molecule has 1 atom stereocenters. The summed E-state index contributed by atoms with van der Waals surface area (Å²) in [7, 11) is -1.06. The molecule has 0 aliphatic carbocycles. The summed E-state index contributed by atoms with van der Waals surface area (Å²) in [5.41, 5.74) is 0. The molecule has 3 nitrogen and oxygen atoms in total. The fourth-order valence-electron chi connectivity index (χ4n) is 0.935. The Hall–Kier alpha value is -0.0900. The molecule has 0 bridgehead atoms. The first kappa shape index (κ1) is 10.9. The van der Waals surface area contributed by atoms with Crippen LogP contribution in [0, 0.1) is 5.92 Å². The smallest absolute Gasteiger partial charge is 0.148 e. The maximum atomic E-state index is 10.9. The normalized spacial score (nSPS) is 15.4. The van der Waals surface area contributed by atoms with E-state index in [0.29, 0.717) is 5.92 Å². The van der Waals surface area contributed by atoms with Crippen LogP contribution in [0.25, 0.3) is 0 Å². The summed E-state index contributed by atoms with van der Waals surface area (Å²) in [5.74, 6) is 0.580. The molecule has 4 heteroatoms. The molecule has 0 aliphatic rings. The first-order valence-electron chi connectivity index (χ1n) is 3.72. The van der Waals surface area contributed by atoms with Crippen LogP contribution in [0.1, 0.15) is 13.8 Å². The first-order chi connectivity index (χ1) is 4.87. The van der Waals surface area contributed by atoms with Gasteiger partial charge in [-0.1, -0.05) is 13.8 Å². The van der Waals surface area contributed by atoms with Crippen molar-refractivity contribution >= 4 is 9.84 Å². The van der Waals surface area contributed by atoms with Gasteiger partial charge < -0.3 is 5.32 Å². The lowest BCUT2D eigenvalue weighted by Gasteiger charge is -2.18. The van der Waals surface area contributed by atoms with E-state index < -0.39 is 9.84 Å². The first-order valence-corrected chi connectivity index (χ1v) is 5.78. The van der Waals surface area contributed by atoms with E-state index in [1.165, 1.54) is 6.26 Å². The lowest BCUT2D eigenvalue weighted by atomic mass is 10.1. The molecule has 0 fully saturated rings. The third kappa shape index (κ3) is 5.21. The maximum Gasteiger partial charge on any atom is 0.148 e. The molecular weight excluding hydrogens is 162 g/mol. The predicted molar refractivity (Wildman–Crippen MR) is 47.4 cm³/mol. The zero-order chi connectivity index (χ0) is 9.07. The van der Waals surface area contributed by atoms with E-state index in [1.807, 2.05) is 13.8 Å². The molecule has 1 unspecified atom stereocenters. The van der Waals surface area contributed by atoms with Crippen LogP contribution in [-0.4, -0.2) is 33.5 Å². The van der Waals surface area contributed by atoms with Gasteiger partial charge in [0.2, 0.25) is 0 Å². The molecule has 0 heterocycles. The molecule has 0 amide bonds. The predicted octanol–water partition coefficient (Wildman–Crippen LogP) is 0.275. The van der Waals surface area contributed by atoms with Crippen molar-refractivity contribution in [2.75, 3.05) is 19.1 Å². The summed E-state index contributed by atoms with van der Waals surface area (Å²) in [6.45, 7) is 4.01. The zero-order valence-electron chi connectivity index (χ0n) is 7.59. The Morgan fingerprint density at radius 2 is 1.82 bits per heavy atom. The van der Waals surface area contributed by atoms with Crippen LogP contribution in [0.3, 0.4) is 0 Å². The van der Waals surface area contributed by atoms with Gasteiger partial charge in [0.05, 0.1) is 5.75 Å². The van der Waals surface area contributed by atoms with Crippen molar-refractivity contribution in [1.82, 2.24) is 5.32 Å². The van der Waals surface area contributed by atoms with Crippen molar-refractivity contribution in [3.05, 3.63) is 0 Å². The van der Waals surface area contributed by atoms with Crippen molar-refractivity contribution in [1.29, 1.82) is 0 Å². The number of hydrogen-bond donors (Lipinski definition) is 1. The van der Waals surface area contributed by atoms with E-state index in [-0.39, 0.29) is 11.8 Å². The molecule has 11 heavy (non-hydrogen) atoms. The number of hydrogen-bond acceptors (Lipinski definition) is 3. The summed E-state index contributed by atoms with van der Waals surface area (Å²) < 4.78 is 21.7. The topological polar surface area (TPSA) is 46.2 Å². The molecule has 0 radical (unpaired) electrons. The second kappa shape index (κ2) is 4.07. The Balaban J connectivity index is 4.10. The average Bonchev–Trinajstić information content (AvgIpc) is 1.80. The maximum absolute atomic E-state index is 10.9. The quantitative estimate of drug-likeness (QED) is 0.674. The fraction of sp³-hybridized carbons (Fsp3) is 1.00. The molecule has 0 aromatic rings. The molecule has 0 aromatic carbocycles. The van der Waals surface area contributed by atoms with Crippen LogP contribution in [0.5, 0.6) is 0 Å². The Labute approximate surface area is 69.1 Å². The number of sulfone groups is 1. The summed E-state index contributed by atoms with van der Waals surface area (Å²) in [5, 5.41) is 2.98. The largest absolute Gasteiger partial charge is 0.316 e. The second-order valence-electron chi connectivity index (χ2n) is 3.23. The molecule has 0 saturated heterocycles. The third-order valence-corrected chi connectivity index (χ3v) is 2.62. The van der Waals surface area contributed by atoms with E-state index in [0.717, 1.165) is 0 Å². The molecule has 0 rings (SSSR count). The van der Waals surface area contributed by atoms with Gasteiger partial charge in [0.25, 0.3) is 0 Å². The Morgan fingerprint density at radius 3 is 1.91 bits per heavy atom. The Bertz CT molecular complexity index is 196. The van der Waals surface area contributed by atoms with Crippen molar-refractivity contribution in [3.8, 4) is 0 Å². The van der Waals surface area contributed by atoms with E-state index in [9.17, 15) is 8.42 Å². The minimum Gasteiger partial charge on any atom is -0.316 e. The molecule has 0 saturated carbocycles. The number of nitrogens with one attached hydrogen (secondary N) is 1. The zero-order valence-corrected chi connectivity index (χ0v) is 8.40. The van der Waals surface area contributed by atoms with Gasteiger partial charge in [-0.2, -0.15) is 0 Å². The Morgan fingerprint density at radius 1 is 1.36 bits per heavy atom. The summed E-state index contributed by atoms with van der Waals surface area (Å²) in [6.07, 6.45) is 1.26. The Kier molecular flexibility index (Phi) is 4.03. The molecule has 0 aromatic heterocycles. The van der Waals surface area contributed by atoms with Crippen molar-refractivity contribution < 1.29 is 8.42 Å². The van der Waals surface area contributed by atoms with Crippen LogP contribution in [0.15, 0.2) is 0 Å². The minimum absolute atomic E-state index is 0.0741. The van der Waals surface area contributed by atoms with Gasteiger partial charge in [0.1, 0.15) is 9.84 Å². The van der Waals surface area contributed by atoms with Crippen molar-refractivity contribution in [3.63, 3.8) is 0 Å². The molecule has 68 valence electrons. The molecule has 0 spiro atoms. The summed E-state index contributed by atoms with van der Waals surface area (Å²) >= 11 is 0. The highest BCUT2D eigenvalue weighted by Crippen LogP contribution is 2.03. The molecule has 0 aliphatic heterocycles. The van der Waals surface area contributed by atoms with Crippen LogP contribution >= 0.6 is 0 Å². The molecule has 1 N–H and O–H groups in total. The van der Waals surface area contributed by atoms with Crippen molar-refractivity contribution in [2.45, 2.75) is 19.9 Å². The SMILES string of the molecule is CNC(CS(C)(=O)=O)C(C)C. The van der Waals surface area contributed by atoms with E-state index in [4.69, 9.17) is 0 Å². The molecular formula is C7H17NO2S. The summed E-state index contributed by atoms with van der Waals surface area (Å²) in [6, 6.07) is 0.0741. The van der Waals surface area contributed by atoms with Gasteiger partial charge in [-0.3, -0.25) is 0 Å². The fourth-order valence-corrected chi connectivity index (χ4v) is 2.14. The summed E-state index contributed by atoms with van der Waals surface area (Å²) in [4.78, 5) is 0. The lowest BCUT2D eigenvalue weighted by Crippen LogP contribution is -2.37. The van der Waals surface area contributed by atoms with Crippen molar-refractivity contribution in [2.24, 2.45) is 5.92 Å². The standard InChI is InChI=1S/C7H17NO2S/c1-6(2)7(8-3)5-11(4,9)10/h6-8H,5H2,1-4H3. The monoisotopic (exact) mass is 179 g/mol.